The van der Waals surface area contributed by atoms with Crippen molar-refractivity contribution in [3.05, 3.63) is 11.9 Å². The molecule has 1 fully saturated rings. The van der Waals surface area contributed by atoms with Gasteiger partial charge >= 0.3 is 0 Å². The van der Waals surface area contributed by atoms with Gasteiger partial charge in [-0.15, -0.1) is 0 Å². The molecule has 0 amide bonds. The van der Waals surface area contributed by atoms with Gasteiger partial charge < -0.3 is 0 Å². The Bertz CT molecular complexity index is 584. The van der Waals surface area contributed by atoms with E-state index in [1.165, 1.54) is 0 Å². The van der Waals surface area contributed by atoms with E-state index in [2.05, 4.69) is 12.0 Å². The first-order chi connectivity index (χ1) is 9.12. The molecular formula is C14H25N3O2S. The van der Waals surface area contributed by atoms with Crippen LogP contribution in [0.4, 0.5) is 0 Å². The van der Waals surface area contributed by atoms with Gasteiger partial charge in [0.1, 0.15) is 4.90 Å². The number of sulfonamides is 1. The van der Waals surface area contributed by atoms with Crippen LogP contribution < -0.4 is 0 Å². The molecule has 6 heteroatoms. The monoisotopic (exact) mass is 299 g/mol. The molecule has 0 aromatic carbocycles. The highest BCUT2D eigenvalue weighted by molar-refractivity contribution is 7.89. The normalized spacial score (nSPS) is 22.1. The summed E-state index contributed by atoms with van der Waals surface area (Å²) in [6.07, 6.45) is 3.67. The lowest BCUT2D eigenvalue weighted by Gasteiger charge is -2.30. The molecule has 5 nitrogen and oxygen atoms in total. The number of aromatic nitrogens is 2. The second-order valence-electron chi connectivity index (χ2n) is 6.88. The molecule has 0 spiro atoms. The van der Waals surface area contributed by atoms with E-state index in [4.69, 9.17) is 0 Å². The second kappa shape index (κ2) is 5.15. The smallest absolute Gasteiger partial charge is 0.246 e. The highest BCUT2D eigenvalue weighted by atomic mass is 32.2. The van der Waals surface area contributed by atoms with Gasteiger partial charge in [0.05, 0.1) is 5.69 Å². The van der Waals surface area contributed by atoms with Gasteiger partial charge in [0.2, 0.25) is 10.0 Å². The Morgan fingerprint density at radius 3 is 2.55 bits per heavy atom. The topological polar surface area (TPSA) is 55.2 Å². The van der Waals surface area contributed by atoms with Crippen molar-refractivity contribution in [1.29, 1.82) is 0 Å². The zero-order valence-electron chi connectivity index (χ0n) is 13.0. The lowest BCUT2D eigenvalue weighted by atomic mass is 9.92. The van der Waals surface area contributed by atoms with Gasteiger partial charge in [-0.2, -0.15) is 9.40 Å². The zero-order valence-corrected chi connectivity index (χ0v) is 13.9. The molecule has 20 heavy (non-hydrogen) atoms. The Balaban J connectivity index is 2.44. The van der Waals surface area contributed by atoms with Gasteiger partial charge in [-0.3, -0.25) is 4.68 Å². The molecule has 1 unspecified atom stereocenters. The number of hydrogen-bond donors (Lipinski definition) is 0. The van der Waals surface area contributed by atoms with Gasteiger partial charge in [-0.25, -0.2) is 8.42 Å². The average molecular weight is 299 g/mol. The second-order valence-corrected chi connectivity index (χ2v) is 8.78. The molecule has 0 aliphatic carbocycles. The quantitative estimate of drug-likeness (QED) is 0.840. The molecule has 2 rings (SSSR count). The van der Waals surface area contributed by atoms with E-state index in [1.54, 1.807) is 22.2 Å². The van der Waals surface area contributed by atoms with Crippen LogP contribution in [-0.2, 0) is 22.5 Å². The van der Waals surface area contributed by atoms with Gasteiger partial charge in [-0.05, 0) is 18.8 Å². The van der Waals surface area contributed by atoms with Crippen molar-refractivity contribution in [3.63, 3.8) is 0 Å². The van der Waals surface area contributed by atoms with Crippen LogP contribution in [0.3, 0.4) is 0 Å². The fraction of sp³-hybridized carbons (Fsp3) is 0.786. The Kier molecular flexibility index (Phi) is 3.99. The highest BCUT2D eigenvalue weighted by Crippen LogP contribution is 2.31. The van der Waals surface area contributed by atoms with E-state index < -0.39 is 10.0 Å². The molecule has 0 radical (unpaired) electrons. The molecule has 114 valence electrons. The lowest BCUT2D eigenvalue weighted by Crippen LogP contribution is -2.39. The number of hydrogen-bond acceptors (Lipinski definition) is 3. The zero-order chi connectivity index (χ0) is 15.1. The molecule has 1 aromatic rings. The van der Waals surface area contributed by atoms with E-state index in [9.17, 15) is 8.42 Å². The summed E-state index contributed by atoms with van der Waals surface area (Å²) in [4.78, 5) is 0.363. The van der Waals surface area contributed by atoms with Crippen molar-refractivity contribution in [1.82, 2.24) is 14.1 Å². The van der Waals surface area contributed by atoms with E-state index in [-0.39, 0.29) is 5.41 Å². The van der Waals surface area contributed by atoms with Gasteiger partial charge in [0, 0.05) is 31.7 Å². The van der Waals surface area contributed by atoms with Crippen molar-refractivity contribution >= 4 is 10.0 Å². The first-order valence-electron chi connectivity index (χ1n) is 7.16. The molecule has 1 aliphatic heterocycles. The fourth-order valence-electron chi connectivity index (χ4n) is 2.68. The number of aryl methyl sites for hydroxylation is 1. The van der Waals surface area contributed by atoms with Crippen molar-refractivity contribution in [2.75, 3.05) is 13.1 Å². The standard InChI is InChI=1S/C14H25N3O2S/c1-11-7-6-8-17(9-11)20(18,19)12-10-16(5)15-13(12)14(2,3)4/h10-11H,6-9H2,1-5H3. The maximum Gasteiger partial charge on any atom is 0.246 e. The summed E-state index contributed by atoms with van der Waals surface area (Å²) in [6, 6.07) is 0. The van der Waals surface area contributed by atoms with Crippen LogP contribution in [0, 0.1) is 5.92 Å². The first kappa shape index (κ1) is 15.5. The largest absolute Gasteiger partial charge is 0.274 e. The van der Waals surface area contributed by atoms with Crippen molar-refractivity contribution in [3.8, 4) is 0 Å². The van der Waals surface area contributed by atoms with Crippen LogP contribution in [-0.4, -0.2) is 35.6 Å². The third-order valence-electron chi connectivity index (χ3n) is 3.74. The molecule has 2 heterocycles. The fourth-order valence-corrected chi connectivity index (χ4v) is 4.65. The summed E-state index contributed by atoms with van der Waals surface area (Å²) < 4.78 is 29.0. The Labute approximate surface area is 122 Å². The molecule has 1 saturated heterocycles. The minimum atomic E-state index is -3.44. The summed E-state index contributed by atoms with van der Waals surface area (Å²) in [5, 5.41) is 4.37. The van der Waals surface area contributed by atoms with Crippen LogP contribution >= 0.6 is 0 Å². The number of nitrogens with zero attached hydrogens (tertiary/aromatic N) is 3. The first-order valence-corrected chi connectivity index (χ1v) is 8.60. The van der Waals surface area contributed by atoms with Gasteiger partial charge in [0.25, 0.3) is 0 Å². The number of piperidine rings is 1. The lowest BCUT2D eigenvalue weighted by molar-refractivity contribution is 0.281. The number of rotatable bonds is 2. The molecule has 0 N–H and O–H groups in total. The highest BCUT2D eigenvalue weighted by Gasteiger charge is 2.35. The molecule has 0 bridgehead atoms. The minimum Gasteiger partial charge on any atom is -0.274 e. The third kappa shape index (κ3) is 2.91. The van der Waals surface area contributed by atoms with Crippen molar-refractivity contribution < 1.29 is 8.42 Å². The summed E-state index contributed by atoms with van der Waals surface area (Å²) in [7, 11) is -1.67. The average Bonchev–Trinajstić information content (AvgIpc) is 2.72. The molecule has 1 atom stereocenters. The summed E-state index contributed by atoms with van der Waals surface area (Å²) >= 11 is 0. The van der Waals surface area contributed by atoms with E-state index in [0.717, 1.165) is 12.8 Å². The van der Waals surface area contributed by atoms with Crippen LogP contribution in [0.15, 0.2) is 11.1 Å². The van der Waals surface area contributed by atoms with Gasteiger partial charge in [0.15, 0.2) is 0 Å². The summed E-state index contributed by atoms with van der Waals surface area (Å²) in [6.45, 7) is 9.31. The van der Waals surface area contributed by atoms with Crippen LogP contribution in [0.5, 0.6) is 0 Å². The Hall–Kier alpha value is -0.880. The molecule has 1 aromatic heterocycles. The van der Waals surface area contributed by atoms with E-state index in [0.29, 0.717) is 29.6 Å². The Morgan fingerprint density at radius 1 is 1.35 bits per heavy atom. The minimum absolute atomic E-state index is 0.287. The SMILES string of the molecule is CC1CCCN(S(=O)(=O)c2cn(C)nc2C(C)(C)C)C1. The van der Waals surface area contributed by atoms with Gasteiger partial charge in [-0.1, -0.05) is 27.7 Å². The maximum atomic E-state index is 12.9. The molecule has 0 saturated carbocycles. The predicted molar refractivity (Wildman–Crippen MR) is 79.1 cm³/mol. The van der Waals surface area contributed by atoms with Crippen molar-refractivity contribution in [2.24, 2.45) is 13.0 Å². The van der Waals surface area contributed by atoms with E-state index >= 15 is 0 Å². The van der Waals surface area contributed by atoms with Crippen LogP contribution in [0.1, 0.15) is 46.2 Å². The third-order valence-corrected chi connectivity index (χ3v) is 5.61. The maximum absolute atomic E-state index is 12.9. The van der Waals surface area contributed by atoms with Crippen LogP contribution in [0.25, 0.3) is 0 Å². The predicted octanol–water partition coefficient (Wildman–Crippen LogP) is 2.14. The summed E-state index contributed by atoms with van der Waals surface area (Å²) in [5.74, 6) is 0.424. The van der Waals surface area contributed by atoms with Crippen molar-refractivity contribution in [2.45, 2.75) is 50.8 Å². The van der Waals surface area contributed by atoms with Crippen LogP contribution in [0.2, 0.25) is 0 Å². The molecule has 1 aliphatic rings. The Morgan fingerprint density at radius 2 is 2.00 bits per heavy atom. The van der Waals surface area contributed by atoms with E-state index in [1.807, 2.05) is 20.8 Å². The summed E-state index contributed by atoms with van der Waals surface area (Å²) in [5.41, 5.74) is 0.364. The molecular weight excluding hydrogens is 274 g/mol.